The molecule has 7 heteroatoms. The predicted molar refractivity (Wildman–Crippen MR) is 86.9 cm³/mol. The first-order chi connectivity index (χ1) is 10.7. The normalized spacial score (nSPS) is 11.3. The van der Waals surface area contributed by atoms with E-state index in [1.165, 1.54) is 0 Å². The van der Waals surface area contributed by atoms with Crippen LogP contribution in [0.4, 0.5) is 10.5 Å². The van der Waals surface area contributed by atoms with Gasteiger partial charge in [-0.1, -0.05) is 12.1 Å². The summed E-state index contributed by atoms with van der Waals surface area (Å²) >= 11 is 0. The lowest BCUT2D eigenvalue weighted by atomic mass is 10.2. The van der Waals surface area contributed by atoms with Crippen LogP contribution in [0.5, 0.6) is 0 Å². The Hall–Kier alpha value is -2.88. The van der Waals surface area contributed by atoms with Crippen LogP contribution in [-0.2, 0) is 9.53 Å². The molecule has 0 unspecified atom stereocenters. The lowest BCUT2D eigenvalue weighted by Crippen LogP contribution is -2.30. The Morgan fingerprint density at radius 3 is 2.57 bits per heavy atom. The third-order valence-electron chi connectivity index (χ3n) is 2.47. The van der Waals surface area contributed by atoms with Gasteiger partial charge >= 0.3 is 6.09 Å². The van der Waals surface area contributed by atoms with Crippen molar-refractivity contribution < 1.29 is 14.3 Å². The molecule has 0 saturated carbocycles. The highest BCUT2D eigenvalue weighted by Gasteiger charge is 2.15. The Kier molecular flexibility index (Phi) is 6.27. The molecule has 2 N–H and O–H groups in total. The van der Waals surface area contributed by atoms with Gasteiger partial charge in [0.05, 0.1) is 17.7 Å². The predicted octanol–water partition coefficient (Wildman–Crippen LogP) is 2.79. The molecular formula is C16H20N4O3. The van der Waals surface area contributed by atoms with E-state index in [4.69, 9.17) is 10.00 Å². The van der Waals surface area contributed by atoms with E-state index >= 15 is 0 Å². The number of hydrogen-bond acceptors (Lipinski definition) is 5. The van der Waals surface area contributed by atoms with Crippen molar-refractivity contribution in [2.75, 3.05) is 5.32 Å². The highest BCUT2D eigenvalue weighted by molar-refractivity contribution is 6.06. The maximum Gasteiger partial charge on any atom is 0.428 e. The number of rotatable bonds is 4. The minimum absolute atomic E-state index is 0.0183. The van der Waals surface area contributed by atoms with Crippen LogP contribution in [0.15, 0.2) is 29.4 Å². The number of hydrogen-bond donors (Lipinski definition) is 2. The van der Waals surface area contributed by atoms with Gasteiger partial charge in [0.25, 0.3) is 0 Å². The lowest BCUT2D eigenvalue weighted by Gasteiger charge is -2.18. The highest BCUT2D eigenvalue weighted by Crippen LogP contribution is 2.13. The van der Waals surface area contributed by atoms with Gasteiger partial charge in [-0.3, -0.25) is 4.79 Å². The lowest BCUT2D eigenvalue weighted by molar-refractivity contribution is -0.115. The Balaban J connectivity index is 2.55. The zero-order valence-electron chi connectivity index (χ0n) is 13.6. The number of nitrogens with one attached hydrogen (secondary N) is 2. The van der Waals surface area contributed by atoms with Gasteiger partial charge in [-0.15, -0.1) is 0 Å². The van der Waals surface area contributed by atoms with Crippen molar-refractivity contribution in [1.29, 1.82) is 5.26 Å². The molecule has 0 radical (unpaired) electrons. The number of nitriles is 1. The fourth-order valence-electron chi connectivity index (χ4n) is 1.60. The molecule has 1 rings (SSSR count). The smallest absolute Gasteiger partial charge is 0.428 e. The molecule has 122 valence electrons. The Morgan fingerprint density at radius 2 is 1.96 bits per heavy atom. The largest absolute Gasteiger partial charge is 0.443 e. The van der Waals surface area contributed by atoms with Gasteiger partial charge < -0.3 is 10.1 Å². The number of carbonyl (C=O) groups is 2. The van der Waals surface area contributed by atoms with Gasteiger partial charge in [0, 0.05) is 5.71 Å². The third kappa shape index (κ3) is 7.09. The number of nitrogens with zero attached hydrogens (tertiary/aromatic N) is 2. The van der Waals surface area contributed by atoms with Crippen molar-refractivity contribution in [3.8, 4) is 6.07 Å². The van der Waals surface area contributed by atoms with Crippen LogP contribution < -0.4 is 10.7 Å². The number of anilines is 1. The van der Waals surface area contributed by atoms with E-state index in [9.17, 15) is 9.59 Å². The van der Waals surface area contributed by atoms with Gasteiger partial charge in [-0.05, 0) is 39.8 Å². The average molecular weight is 316 g/mol. The summed E-state index contributed by atoms with van der Waals surface area (Å²) in [7, 11) is 0. The summed E-state index contributed by atoms with van der Waals surface area (Å²) in [6, 6.07) is 8.69. The highest BCUT2D eigenvalue weighted by atomic mass is 16.6. The Morgan fingerprint density at radius 1 is 1.30 bits per heavy atom. The van der Waals surface area contributed by atoms with E-state index in [0.29, 0.717) is 17.0 Å². The van der Waals surface area contributed by atoms with Crippen LogP contribution >= 0.6 is 0 Å². The van der Waals surface area contributed by atoms with Crippen LogP contribution in [0.25, 0.3) is 0 Å². The van der Waals surface area contributed by atoms with Crippen molar-refractivity contribution >= 4 is 23.4 Å². The minimum Gasteiger partial charge on any atom is -0.443 e. The van der Waals surface area contributed by atoms with Gasteiger partial charge in [-0.2, -0.15) is 10.4 Å². The minimum atomic E-state index is -0.688. The molecular weight excluding hydrogens is 296 g/mol. The number of hydrazone groups is 1. The molecule has 0 atom stereocenters. The molecule has 0 aliphatic rings. The van der Waals surface area contributed by atoms with Crippen LogP contribution in [0.1, 0.15) is 39.7 Å². The summed E-state index contributed by atoms with van der Waals surface area (Å²) in [5.41, 5.74) is 2.83. The fraction of sp³-hybridized carbons (Fsp3) is 0.375. The summed E-state index contributed by atoms with van der Waals surface area (Å²) in [6.45, 7) is 6.82. The van der Waals surface area contributed by atoms with E-state index in [2.05, 4.69) is 15.8 Å². The number of amides is 2. The van der Waals surface area contributed by atoms with Crippen LogP contribution in [-0.4, -0.2) is 23.3 Å². The van der Waals surface area contributed by atoms with Crippen molar-refractivity contribution in [1.82, 2.24) is 5.43 Å². The summed E-state index contributed by atoms with van der Waals surface area (Å²) in [5.74, 6) is -0.333. The molecule has 0 saturated heterocycles. The van der Waals surface area contributed by atoms with Crippen LogP contribution in [0, 0.1) is 11.3 Å². The second-order valence-corrected chi connectivity index (χ2v) is 5.84. The molecule has 1 aromatic carbocycles. The van der Waals surface area contributed by atoms with Crippen molar-refractivity contribution in [3.63, 3.8) is 0 Å². The quantitative estimate of drug-likeness (QED) is 0.658. The summed E-state index contributed by atoms with van der Waals surface area (Å²) in [4.78, 5) is 23.4. The first kappa shape index (κ1) is 18.2. The van der Waals surface area contributed by atoms with Crippen molar-refractivity contribution in [3.05, 3.63) is 29.8 Å². The fourth-order valence-corrected chi connectivity index (χ4v) is 1.60. The molecule has 7 nitrogen and oxygen atoms in total. The monoisotopic (exact) mass is 316 g/mol. The first-order valence-electron chi connectivity index (χ1n) is 7.02. The molecule has 0 heterocycles. The zero-order valence-corrected chi connectivity index (χ0v) is 13.6. The Labute approximate surface area is 135 Å². The van der Waals surface area contributed by atoms with Crippen molar-refractivity contribution in [2.24, 2.45) is 5.10 Å². The molecule has 0 fully saturated rings. The van der Waals surface area contributed by atoms with E-state index < -0.39 is 11.7 Å². The topological polar surface area (TPSA) is 104 Å². The second-order valence-electron chi connectivity index (χ2n) is 5.84. The molecule has 0 aliphatic heterocycles. The zero-order chi connectivity index (χ0) is 17.5. The number of para-hydroxylation sites is 1. The average Bonchev–Trinajstić information content (AvgIpc) is 2.44. The number of carbonyl (C=O) groups excluding carboxylic acids is 2. The summed E-state index contributed by atoms with van der Waals surface area (Å²) in [6.07, 6.45) is -0.706. The van der Waals surface area contributed by atoms with Crippen molar-refractivity contribution in [2.45, 2.75) is 39.7 Å². The van der Waals surface area contributed by atoms with Gasteiger partial charge in [0.2, 0.25) is 5.91 Å². The molecule has 2 amide bonds. The Bertz CT molecular complexity index is 654. The second kappa shape index (κ2) is 7.94. The molecule has 1 aromatic rings. The van der Waals surface area contributed by atoms with Gasteiger partial charge in [0.1, 0.15) is 11.7 Å². The third-order valence-corrected chi connectivity index (χ3v) is 2.47. The van der Waals surface area contributed by atoms with Gasteiger partial charge in [0.15, 0.2) is 0 Å². The SMILES string of the molecule is C/C(CC(=O)Nc1ccccc1C#N)=N/NC(=O)OC(C)(C)C. The van der Waals surface area contributed by atoms with Crippen LogP contribution in [0.2, 0.25) is 0 Å². The van der Waals surface area contributed by atoms with Crippen LogP contribution in [0.3, 0.4) is 0 Å². The number of ether oxygens (including phenoxy) is 1. The molecule has 0 aliphatic carbocycles. The standard InChI is InChI=1S/C16H20N4O3/c1-11(19-20-15(22)23-16(2,3)4)9-14(21)18-13-8-6-5-7-12(13)10-17/h5-8H,9H2,1-4H3,(H,18,21)(H,20,22)/b19-11-. The summed E-state index contributed by atoms with van der Waals surface area (Å²) in [5, 5.41) is 15.4. The van der Waals surface area contributed by atoms with E-state index in [0.717, 1.165) is 0 Å². The number of benzene rings is 1. The molecule has 0 bridgehead atoms. The van der Waals surface area contributed by atoms with E-state index in [-0.39, 0.29) is 12.3 Å². The maximum absolute atomic E-state index is 11.9. The maximum atomic E-state index is 11.9. The van der Waals surface area contributed by atoms with Gasteiger partial charge in [-0.25, -0.2) is 10.2 Å². The first-order valence-corrected chi connectivity index (χ1v) is 7.02. The summed E-state index contributed by atoms with van der Waals surface area (Å²) < 4.78 is 5.03. The molecule has 0 aromatic heterocycles. The van der Waals surface area contributed by atoms with E-state index in [1.54, 1.807) is 52.0 Å². The van der Waals surface area contributed by atoms with E-state index in [1.807, 2.05) is 6.07 Å². The molecule has 0 spiro atoms. The molecule has 23 heavy (non-hydrogen) atoms.